The summed E-state index contributed by atoms with van der Waals surface area (Å²) in [5.74, 6) is 0.0150. The molecule has 1 N–H and O–H groups in total. The van der Waals surface area contributed by atoms with Crippen molar-refractivity contribution in [2.45, 2.75) is 58.4 Å². The Morgan fingerprint density at radius 3 is 2.36 bits per heavy atom. The Hall–Kier alpha value is -1.84. The van der Waals surface area contributed by atoms with E-state index < -0.39 is 0 Å². The van der Waals surface area contributed by atoms with Gasteiger partial charge < -0.3 is 10.2 Å². The normalized spacial score (nSPS) is 14.8. The van der Waals surface area contributed by atoms with Gasteiger partial charge in [-0.25, -0.2) is 0 Å². The van der Waals surface area contributed by atoms with Gasteiger partial charge in [-0.15, -0.1) is 0 Å². The van der Waals surface area contributed by atoms with Crippen molar-refractivity contribution < 1.29 is 9.59 Å². The molecule has 0 heterocycles. The van der Waals surface area contributed by atoms with Crippen LogP contribution in [0, 0.1) is 0 Å². The topological polar surface area (TPSA) is 49.4 Å². The highest BCUT2D eigenvalue weighted by Gasteiger charge is 2.18. The first-order valence-corrected chi connectivity index (χ1v) is 8.26. The largest absolute Gasteiger partial charge is 0.353 e. The Balaban J connectivity index is 1.90. The maximum absolute atomic E-state index is 12.0. The van der Waals surface area contributed by atoms with Gasteiger partial charge in [0.1, 0.15) is 0 Å². The standard InChI is InChI=1S/C18H26N2O2/c1-3-15-8-10-17(11-9-15)20(14(2)21)13-12-18(22)19-16-6-4-5-7-16/h8-11,16H,3-7,12-13H2,1-2H3,(H,19,22). The van der Waals surface area contributed by atoms with E-state index in [2.05, 4.69) is 12.2 Å². The van der Waals surface area contributed by atoms with Gasteiger partial charge in [-0.3, -0.25) is 9.59 Å². The molecule has 0 radical (unpaired) electrons. The van der Waals surface area contributed by atoms with E-state index in [4.69, 9.17) is 0 Å². The van der Waals surface area contributed by atoms with Crippen LogP contribution in [0.25, 0.3) is 0 Å². The number of nitrogens with one attached hydrogen (secondary N) is 1. The molecule has 4 heteroatoms. The third kappa shape index (κ3) is 4.58. The molecule has 120 valence electrons. The van der Waals surface area contributed by atoms with Crippen LogP contribution in [-0.2, 0) is 16.0 Å². The number of carbonyl (C=O) groups is 2. The Morgan fingerprint density at radius 2 is 1.82 bits per heavy atom. The minimum absolute atomic E-state index is 0.0297. The number of hydrogen-bond acceptors (Lipinski definition) is 2. The lowest BCUT2D eigenvalue weighted by Crippen LogP contribution is -2.37. The number of benzene rings is 1. The van der Waals surface area contributed by atoms with Crippen molar-refractivity contribution in [2.75, 3.05) is 11.4 Å². The Bertz CT molecular complexity index is 504. The number of amides is 2. The van der Waals surface area contributed by atoms with Crippen molar-refractivity contribution in [1.29, 1.82) is 0 Å². The molecule has 1 aliphatic carbocycles. The number of aryl methyl sites for hydroxylation is 1. The summed E-state index contributed by atoms with van der Waals surface area (Å²) in [5.41, 5.74) is 2.10. The smallest absolute Gasteiger partial charge is 0.223 e. The van der Waals surface area contributed by atoms with Gasteiger partial charge in [-0.2, -0.15) is 0 Å². The van der Waals surface area contributed by atoms with Crippen molar-refractivity contribution in [3.63, 3.8) is 0 Å². The quantitative estimate of drug-likeness (QED) is 0.878. The first-order chi connectivity index (χ1) is 10.6. The molecule has 1 aromatic rings. The van der Waals surface area contributed by atoms with Crippen molar-refractivity contribution in [3.8, 4) is 0 Å². The average molecular weight is 302 g/mol. The van der Waals surface area contributed by atoms with E-state index in [0.717, 1.165) is 24.9 Å². The molecule has 1 fully saturated rings. The van der Waals surface area contributed by atoms with E-state index >= 15 is 0 Å². The molecule has 0 unspecified atom stereocenters. The maximum atomic E-state index is 12.0. The number of rotatable bonds is 6. The minimum Gasteiger partial charge on any atom is -0.353 e. The lowest BCUT2D eigenvalue weighted by Gasteiger charge is -2.22. The molecule has 0 bridgehead atoms. The summed E-state index contributed by atoms with van der Waals surface area (Å²) in [4.78, 5) is 25.5. The van der Waals surface area contributed by atoms with Gasteiger partial charge in [0.25, 0.3) is 0 Å². The van der Waals surface area contributed by atoms with E-state index in [0.29, 0.717) is 19.0 Å². The van der Waals surface area contributed by atoms with Crippen LogP contribution in [0.5, 0.6) is 0 Å². The Labute approximate surface area is 132 Å². The van der Waals surface area contributed by atoms with Crippen molar-refractivity contribution in [2.24, 2.45) is 0 Å². The van der Waals surface area contributed by atoms with E-state index in [9.17, 15) is 9.59 Å². The molecule has 2 amide bonds. The van der Waals surface area contributed by atoms with Crippen LogP contribution in [0.3, 0.4) is 0 Å². The highest BCUT2D eigenvalue weighted by atomic mass is 16.2. The van der Waals surface area contributed by atoms with Gasteiger partial charge in [0.2, 0.25) is 11.8 Å². The summed E-state index contributed by atoms with van der Waals surface area (Å²) in [6, 6.07) is 8.31. The molecule has 0 aliphatic heterocycles. The van der Waals surface area contributed by atoms with Gasteiger partial charge in [-0.1, -0.05) is 31.9 Å². The van der Waals surface area contributed by atoms with Crippen molar-refractivity contribution >= 4 is 17.5 Å². The second kappa shape index (κ2) is 7.97. The highest BCUT2D eigenvalue weighted by Crippen LogP contribution is 2.18. The predicted octanol–water partition coefficient (Wildman–Crippen LogP) is 3.05. The summed E-state index contributed by atoms with van der Waals surface area (Å²) < 4.78 is 0. The van der Waals surface area contributed by atoms with E-state index in [1.54, 1.807) is 11.8 Å². The third-order valence-corrected chi connectivity index (χ3v) is 4.32. The van der Waals surface area contributed by atoms with Crippen molar-refractivity contribution in [3.05, 3.63) is 29.8 Å². The summed E-state index contributed by atoms with van der Waals surface area (Å²) in [5, 5.41) is 3.07. The zero-order chi connectivity index (χ0) is 15.9. The second-order valence-electron chi connectivity index (χ2n) is 5.99. The molecule has 22 heavy (non-hydrogen) atoms. The molecule has 0 atom stereocenters. The first kappa shape index (κ1) is 16.5. The molecule has 4 nitrogen and oxygen atoms in total. The Kier molecular flexibility index (Phi) is 5.99. The van der Waals surface area contributed by atoms with Crippen LogP contribution in [0.4, 0.5) is 5.69 Å². The summed E-state index contributed by atoms with van der Waals surface area (Å²) in [6.45, 7) is 4.08. The molecule has 2 rings (SSSR count). The average Bonchev–Trinajstić information content (AvgIpc) is 3.00. The van der Waals surface area contributed by atoms with Gasteiger partial charge in [0, 0.05) is 31.6 Å². The predicted molar refractivity (Wildman–Crippen MR) is 88.9 cm³/mol. The van der Waals surface area contributed by atoms with Gasteiger partial charge in [0.05, 0.1) is 0 Å². The zero-order valence-corrected chi connectivity index (χ0v) is 13.6. The highest BCUT2D eigenvalue weighted by molar-refractivity contribution is 5.92. The van der Waals surface area contributed by atoms with Crippen LogP contribution in [-0.4, -0.2) is 24.4 Å². The minimum atomic E-state index is -0.0297. The van der Waals surface area contributed by atoms with Crippen molar-refractivity contribution in [1.82, 2.24) is 5.32 Å². The molecule has 1 aliphatic rings. The zero-order valence-electron chi connectivity index (χ0n) is 13.6. The fourth-order valence-corrected chi connectivity index (χ4v) is 2.96. The van der Waals surface area contributed by atoms with Crippen LogP contribution >= 0.6 is 0 Å². The lowest BCUT2D eigenvalue weighted by atomic mass is 10.1. The maximum Gasteiger partial charge on any atom is 0.223 e. The van der Waals surface area contributed by atoms with Crippen LogP contribution in [0.2, 0.25) is 0 Å². The SMILES string of the molecule is CCc1ccc(N(CCC(=O)NC2CCCC2)C(C)=O)cc1. The fourth-order valence-electron chi connectivity index (χ4n) is 2.96. The third-order valence-electron chi connectivity index (χ3n) is 4.32. The van der Waals surface area contributed by atoms with Crippen LogP contribution in [0.1, 0.15) is 51.5 Å². The van der Waals surface area contributed by atoms with Gasteiger partial charge in [-0.05, 0) is 37.0 Å². The second-order valence-corrected chi connectivity index (χ2v) is 5.99. The van der Waals surface area contributed by atoms with Crippen LogP contribution in [0.15, 0.2) is 24.3 Å². The molecular formula is C18H26N2O2. The first-order valence-electron chi connectivity index (χ1n) is 8.26. The monoisotopic (exact) mass is 302 g/mol. The lowest BCUT2D eigenvalue weighted by molar-refractivity contribution is -0.121. The van der Waals surface area contributed by atoms with E-state index in [1.165, 1.54) is 18.4 Å². The number of anilines is 1. The van der Waals surface area contributed by atoms with Gasteiger partial charge in [0.15, 0.2) is 0 Å². The molecule has 1 saturated carbocycles. The number of nitrogens with zero attached hydrogens (tertiary/aromatic N) is 1. The summed E-state index contributed by atoms with van der Waals surface area (Å²) >= 11 is 0. The fraction of sp³-hybridized carbons (Fsp3) is 0.556. The molecule has 0 saturated heterocycles. The molecule has 0 aromatic heterocycles. The van der Waals surface area contributed by atoms with E-state index in [-0.39, 0.29) is 11.8 Å². The van der Waals surface area contributed by atoms with E-state index in [1.807, 2.05) is 24.3 Å². The molecule has 0 spiro atoms. The summed E-state index contributed by atoms with van der Waals surface area (Å²) in [6.07, 6.45) is 5.90. The molecular weight excluding hydrogens is 276 g/mol. The number of hydrogen-bond donors (Lipinski definition) is 1. The van der Waals surface area contributed by atoms with Gasteiger partial charge >= 0.3 is 0 Å². The molecule has 1 aromatic carbocycles. The summed E-state index contributed by atoms with van der Waals surface area (Å²) in [7, 11) is 0. The number of carbonyl (C=O) groups excluding carboxylic acids is 2. The Morgan fingerprint density at radius 1 is 1.18 bits per heavy atom. The van der Waals surface area contributed by atoms with Crippen LogP contribution < -0.4 is 10.2 Å².